The minimum atomic E-state index is -3.05. The van der Waals surface area contributed by atoms with Gasteiger partial charge in [-0.2, -0.15) is 8.78 Å². The molecule has 0 atom stereocenters. The number of alkyl halides is 2. The van der Waals surface area contributed by atoms with E-state index in [2.05, 4.69) is 4.98 Å². The van der Waals surface area contributed by atoms with Crippen molar-refractivity contribution in [3.05, 3.63) is 57.9 Å². The minimum absolute atomic E-state index is 0.0518. The molecule has 0 spiro atoms. The molecule has 3 rings (SSSR count). The molecular weight excluding hydrogens is 307 g/mol. The molecular formula is C13H7ClF3N3O. The van der Waals surface area contributed by atoms with Gasteiger partial charge < -0.3 is 0 Å². The second-order valence-corrected chi connectivity index (χ2v) is 4.64. The van der Waals surface area contributed by atoms with Gasteiger partial charge in [0.25, 0.3) is 0 Å². The molecule has 0 aliphatic rings. The summed E-state index contributed by atoms with van der Waals surface area (Å²) in [7, 11) is 0. The van der Waals surface area contributed by atoms with E-state index in [1.54, 1.807) is 0 Å². The van der Waals surface area contributed by atoms with Gasteiger partial charge in [0.2, 0.25) is 0 Å². The highest BCUT2D eigenvalue weighted by molar-refractivity contribution is 6.30. The molecule has 0 aliphatic carbocycles. The van der Waals surface area contributed by atoms with Gasteiger partial charge in [-0.15, -0.1) is 0 Å². The first kappa shape index (κ1) is 13.7. The smallest absolute Gasteiger partial charge is 0.247 e. The van der Waals surface area contributed by atoms with Crippen LogP contribution in [-0.4, -0.2) is 14.1 Å². The molecule has 0 amide bonds. The van der Waals surface area contributed by atoms with Crippen molar-refractivity contribution in [1.82, 2.24) is 14.1 Å². The zero-order chi connectivity index (χ0) is 15.1. The van der Waals surface area contributed by atoms with Gasteiger partial charge in [0.05, 0.1) is 11.2 Å². The number of fused-ring (bicyclic) bond motifs is 1. The molecule has 0 bridgehead atoms. The zero-order valence-corrected chi connectivity index (χ0v) is 11.1. The lowest BCUT2D eigenvalue weighted by atomic mass is 10.3. The molecule has 0 fully saturated rings. The van der Waals surface area contributed by atoms with Crippen molar-refractivity contribution in [2.75, 3.05) is 0 Å². The first-order valence-corrected chi connectivity index (χ1v) is 6.20. The highest BCUT2D eigenvalue weighted by Gasteiger charge is 2.22. The van der Waals surface area contributed by atoms with Gasteiger partial charge in [0, 0.05) is 11.2 Å². The van der Waals surface area contributed by atoms with Gasteiger partial charge >= 0.3 is 12.2 Å². The number of benzene rings is 1. The van der Waals surface area contributed by atoms with Crippen LogP contribution < -0.4 is 5.69 Å². The monoisotopic (exact) mass is 313 g/mol. The van der Waals surface area contributed by atoms with Crippen LogP contribution in [0.2, 0.25) is 5.02 Å². The fraction of sp³-hybridized carbons (Fsp3) is 0.0769. The first-order valence-electron chi connectivity index (χ1n) is 5.82. The molecule has 0 unspecified atom stereocenters. The van der Waals surface area contributed by atoms with Crippen molar-refractivity contribution >= 4 is 22.8 Å². The number of pyridine rings is 1. The number of halogens is 4. The van der Waals surface area contributed by atoms with Gasteiger partial charge in [-0.05, 0) is 30.3 Å². The number of aromatic nitrogens is 3. The maximum atomic E-state index is 14.0. The lowest BCUT2D eigenvalue weighted by molar-refractivity contribution is 0.0707. The topological polar surface area (TPSA) is 39.8 Å². The Morgan fingerprint density at radius 2 is 2.00 bits per heavy atom. The third-order valence-corrected chi connectivity index (χ3v) is 3.22. The molecule has 0 aliphatic heterocycles. The average Bonchev–Trinajstić information content (AvgIpc) is 2.71. The predicted molar refractivity (Wildman–Crippen MR) is 71.6 cm³/mol. The Balaban J connectivity index is 2.43. The summed E-state index contributed by atoms with van der Waals surface area (Å²) < 4.78 is 41.2. The Kier molecular flexibility index (Phi) is 3.21. The summed E-state index contributed by atoms with van der Waals surface area (Å²) in [5, 5.41) is 0.134. The Hall–Kier alpha value is -2.28. The van der Waals surface area contributed by atoms with Crippen molar-refractivity contribution < 1.29 is 13.2 Å². The van der Waals surface area contributed by atoms with Crippen LogP contribution in [-0.2, 0) is 0 Å². The lowest BCUT2D eigenvalue weighted by Gasteiger charge is -2.04. The molecule has 2 aromatic heterocycles. The Labute approximate surface area is 121 Å². The molecule has 2 heterocycles. The van der Waals surface area contributed by atoms with Crippen LogP contribution in [0.15, 0.2) is 41.3 Å². The third kappa shape index (κ3) is 2.09. The van der Waals surface area contributed by atoms with E-state index >= 15 is 0 Å². The van der Waals surface area contributed by atoms with Crippen LogP contribution in [0.4, 0.5) is 13.2 Å². The van der Waals surface area contributed by atoms with Crippen LogP contribution in [0.25, 0.3) is 16.9 Å². The van der Waals surface area contributed by atoms with Crippen molar-refractivity contribution in [2.45, 2.75) is 6.55 Å². The SMILES string of the molecule is O=c1n(-c2ccc(Cl)cc2F)c2ncccc2n1C(F)F. The zero-order valence-electron chi connectivity index (χ0n) is 10.3. The fourth-order valence-electron chi connectivity index (χ4n) is 2.12. The van der Waals surface area contributed by atoms with Crippen molar-refractivity contribution in [2.24, 2.45) is 0 Å². The van der Waals surface area contributed by atoms with E-state index in [9.17, 15) is 18.0 Å². The van der Waals surface area contributed by atoms with Crippen LogP contribution in [0.1, 0.15) is 6.55 Å². The number of nitrogens with zero attached hydrogens (tertiary/aromatic N) is 3. The fourth-order valence-corrected chi connectivity index (χ4v) is 2.28. The van der Waals surface area contributed by atoms with Crippen LogP contribution in [0.3, 0.4) is 0 Å². The van der Waals surface area contributed by atoms with Gasteiger partial charge in [-0.3, -0.25) is 0 Å². The first-order chi connectivity index (χ1) is 10.0. The highest BCUT2D eigenvalue weighted by atomic mass is 35.5. The molecule has 0 radical (unpaired) electrons. The molecule has 1 aromatic carbocycles. The second-order valence-electron chi connectivity index (χ2n) is 4.21. The molecule has 4 nitrogen and oxygen atoms in total. The summed E-state index contributed by atoms with van der Waals surface area (Å²) in [6.07, 6.45) is 1.34. The molecule has 108 valence electrons. The molecule has 0 saturated carbocycles. The average molecular weight is 314 g/mol. The van der Waals surface area contributed by atoms with Gasteiger partial charge in [-0.1, -0.05) is 11.6 Å². The van der Waals surface area contributed by atoms with Crippen LogP contribution >= 0.6 is 11.6 Å². The molecule has 21 heavy (non-hydrogen) atoms. The van der Waals surface area contributed by atoms with E-state index in [1.165, 1.54) is 30.5 Å². The predicted octanol–water partition coefficient (Wildman–Crippen LogP) is 3.37. The number of hydrogen-bond acceptors (Lipinski definition) is 2. The highest BCUT2D eigenvalue weighted by Crippen LogP contribution is 2.23. The summed E-state index contributed by atoms with van der Waals surface area (Å²) in [5.74, 6) is -0.802. The summed E-state index contributed by atoms with van der Waals surface area (Å²) in [5.41, 5.74) is -1.39. The summed E-state index contributed by atoms with van der Waals surface area (Å²) >= 11 is 5.65. The third-order valence-electron chi connectivity index (χ3n) is 2.98. The normalized spacial score (nSPS) is 11.5. The van der Waals surface area contributed by atoms with E-state index in [-0.39, 0.29) is 26.4 Å². The quantitative estimate of drug-likeness (QED) is 0.727. The van der Waals surface area contributed by atoms with Crippen LogP contribution in [0.5, 0.6) is 0 Å². The van der Waals surface area contributed by atoms with Gasteiger partial charge in [0.15, 0.2) is 5.65 Å². The van der Waals surface area contributed by atoms with E-state index < -0.39 is 18.1 Å². The van der Waals surface area contributed by atoms with Crippen LogP contribution in [0, 0.1) is 5.82 Å². The molecule has 3 aromatic rings. The summed E-state index contributed by atoms with van der Waals surface area (Å²) in [4.78, 5) is 16.1. The minimum Gasteiger partial charge on any atom is -0.247 e. The van der Waals surface area contributed by atoms with E-state index in [0.29, 0.717) is 0 Å². The number of hydrogen-bond donors (Lipinski definition) is 0. The van der Waals surface area contributed by atoms with E-state index in [4.69, 9.17) is 11.6 Å². The maximum absolute atomic E-state index is 14.0. The molecule has 0 saturated heterocycles. The Morgan fingerprint density at radius 3 is 2.67 bits per heavy atom. The van der Waals surface area contributed by atoms with Gasteiger partial charge in [0.1, 0.15) is 5.82 Å². The maximum Gasteiger partial charge on any atom is 0.339 e. The van der Waals surface area contributed by atoms with Crippen molar-refractivity contribution in [3.8, 4) is 5.69 Å². The van der Waals surface area contributed by atoms with Crippen molar-refractivity contribution in [3.63, 3.8) is 0 Å². The largest absolute Gasteiger partial charge is 0.339 e. The molecule has 8 heteroatoms. The van der Waals surface area contributed by atoms with Crippen molar-refractivity contribution in [1.29, 1.82) is 0 Å². The standard InChI is InChI=1S/C13H7ClF3N3O/c14-7-3-4-9(8(15)6-7)19-11-10(2-1-5-18-11)20(12(16)17)13(19)21/h1-6,12H. The summed E-state index contributed by atoms with van der Waals surface area (Å²) in [6, 6.07) is 6.34. The summed E-state index contributed by atoms with van der Waals surface area (Å²) in [6.45, 7) is -3.05. The van der Waals surface area contributed by atoms with E-state index in [1.807, 2.05) is 0 Å². The van der Waals surface area contributed by atoms with Gasteiger partial charge in [-0.25, -0.2) is 23.3 Å². The van der Waals surface area contributed by atoms with E-state index in [0.717, 1.165) is 10.6 Å². The Morgan fingerprint density at radius 1 is 1.24 bits per heavy atom. The Bertz CT molecular complexity index is 888. The number of rotatable bonds is 2. The molecule has 0 N–H and O–H groups in total. The number of imidazole rings is 1. The lowest BCUT2D eigenvalue weighted by Crippen LogP contribution is -2.24. The second kappa shape index (κ2) is 4.92.